The molecule has 0 heterocycles. The minimum absolute atomic E-state index is 0.0515. The van der Waals surface area contributed by atoms with Crippen molar-refractivity contribution < 1.29 is 17.4 Å². The highest BCUT2D eigenvalue weighted by atomic mass is 35.5. The van der Waals surface area contributed by atoms with Crippen LogP contribution in [0.2, 0.25) is 10.0 Å². The van der Waals surface area contributed by atoms with Crippen molar-refractivity contribution in [3.8, 4) is 5.75 Å². The molecule has 0 saturated heterocycles. The van der Waals surface area contributed by atoms with E-state index in [-0.39, 0.29) is 22.8 Å². The molecule has 0 fully saturated rings. The van der Waals surface area contributed by atoms with Crippen LogP contribution in [0.1, 0.15) is 12.0 Å². The monoisotopic (exact) mass is 385 g/mol. The van der Waals surface area contributed by atoms with E-state index in [0.29, 0.717) is 10.6 Å². The summed E-state index contributed by atoms with van der Waals surface area (Å²) in [6, 6.07) is 12.7. The smallest absolute Gasteiger partial charge is 0.332 e. The van der Waals surface area contributed by atoms with Crippen LogP contribution in [0.15, 0.2) is 53.9 Å². The molecular formula is C16H13Cl2NO4S. The lowest BCUT2D eigenvalue weighted by molar-refractivity contribution is -0.117. The number of benzene rings is 2. The van der Waals surface area contributed by atoms with Gasteiger partial charge in [-0.05, 0) is 29.3 Å². The van der Waals surface area contributed by atoms with E-state index in [1.165, 1.54) is 18.2 Å². The summed E-state index contributed by atoms with van der Waals surface area (Å²) in [5.41, 5.74) is 5.95. The largest absolute Gasteiger partial charge is 0.378 e. The van der Waals surface area contributed by atoms with E-state index in [9.17, 15) is 13.2 Å². The maximum atomic E-state index is 12.3. The zero-order chi connectivity index (χ0) is 17.7. The van der Waals surface area contributed by atoms with E-state index in [4.69, 9.17) is 33.1 Å². The Bertz CT molecular complexity index is 880. The highest BCUT2D eigenvalue weighted by Crippen LogP contribution is 2.29. The highest BCUT2D eigenvalue weighted by molar-refractivity contribution is 7.90. The predicted octanol–water partition coefficient (Wildman–Crippen LogP) is 3.62. The number of rotatable bonds is 6. The summed E-state index contributed by atoms with van der Waals surface area (Å²) in [6.07, 6.45) is -0.249. The second-order valence-corrected chi connectivity index (χ2v) is 7.03. The Kier molecular flexibility index (Phi) is 5.88. The number of halogens is 2. The fourth-order valence-corrected chi connectivity index (χ4v) is 3.42. The van der Waals surface area contributed by atoms with Crippen LogP contribution >= 0.6 is 23.2 Å². The second kappa shape index (κ2) is 7.70. The molecule has 0 bridgehead atoms. The van der Waals surface area contributed by atoms with Crippen molar-refractivity contribution in [1.29, 1.82) is 0 Å². The molecule has 2 aromatic rings. The molecule has 126 valence electrons. The Hall–Kier alpha value is -2.02. The number of carbonyl (C=O) groups excluding carboxylic acids is 1. The molecular weight excluding hydrogens is 373 g/mol. The zero-order valence-corrected chi connectivity index (χ0v) is 14.6. The normalized spacial score (nSPS) is 12.0. The first-order chi connectivity index (χ1) is 11.3. The van der Waals surface area contributed by atoms with Gasteiger partial charge < -0.3 is 9.92 Å². The summed E-state index contributed by atoms with van der Waals surface area (Å²) in [6.45, 7) is 0. The maximum absolute atomic E-state index is 12.3. The van der Waals surface area contributed by atoms with Crippen LogP contribution in [0.25, 0.3) is 5.57 Å². The SMILES string of the molecule is NC(=O)C/C(=C\S(=O)(=O)Oc1ccc(Cl)cc1Cl)c1ccccc1. The number of nitrogens with two attached hydrogens (primary N) is 1. The van der Waals surface area contributed by atoms with E-state index in [1.54, 1.807) is 30.3 Å². The van der Waals surface area contributed by atoms with Gasteiger partial charge in [0.05, 0.1) is 16.9 Å². The average molecular weight is 386 g/mol. The minimum Gasteiger partial charge on any atom is -0.378 e. The number of carbonyl (C=O) groups is 1. The summed E-state index contributed by atoms with van der Waals surface area (Å²) >= 11 is 11.7. The molecule has 0 aliphatic heterocycles. The van der Waals surface area contributed by atoms with Crippen molar-refractivity contribution in [2.45, 2.75) is 6.42 Å². The first-order valence-electron chi connectivity index (χ1n) is 6.71. The number of amides is 1. The van der Waals surface area contributed by atoms with Gasteiger partial charge >= 0.3 is 10.1 Å². The molecule has 5 nitrogen and oxygen atoms in total. The van der Waals surface area contributed by atoms with Crippen LogP contribution in [0.4, 0.5) is 0 Å². The van der Waals surface area contributed by atoms with Gasteiger partial charge in [-0.3, -0.25) is 4.79 Å². The van der Waals surface area contributed by atoms with Gasteiger partial charge in [-0.2, -0.15) is 8.42 Å². The average Bonchev–Trinajstić information content (AvgIpc) is 2.49. The quantitative estimate of drug-likeness (QED) is 0.769. The summed E-state index contributed by atoms with van der Waals surface area (Å²) in [5.74, 6) is -0.728. The first-order valence-corrected chi connectivity index (χ1v) is 8.93. The molecule has 0 aliphatic rings. The molecule has 2 N–H and O–H groups in total. The maximum Gasteiger partial charge on any atom is 0.332 e. The predicted molar refractivity (Wildman–Crippen MR) is 94.2 cm³/mol. The summed E-state index contributed by atoms with van der Waals surface area (Å²) in [7, 11) is -4.16. The van der Waals surface area contributed by atoms with E-state index < -0.39 is 16.0 Å². The number of hydrogen-bond acceptors (Lipinski definition) is 4. The van der Waals surface area contributed by atoms with Crippen LogP contribution in [-0.2, 0) is 14.9 Å². The lowest BCUT2D eigenvalue weighted by atomic mass is 10.0. The highest BCUT2D eigenvalue weighted by Gasteiger charge is 2.16. The van der Waals surface area contributed by atoms with E-state index in [1.807, 2.05) is 0 Å². The molecule has 0 atom stereocenters. The minimum atomic E-state index is -4.16. The Balaban J connectivity index is 2.37. The topological polar surface area (TPSA) is 86.5 Å². The third kappa shape index (κ3) is 5.26. The molecule has 24 heavy (non-hydrogen) atoms. The third-order valence-corrected chi connectivity index (χ3v) is 4.41. The molecule has 0 unspecified atom stereocenters. The summed E-state index contributed by atoms with van der Waals surface area (Å²) in [5, 5.41) is 1.26. The fourth-order valence-electron chi connectivity index (χ4n) is 1.92. The Morgan fingerprint density at radius 1 is 1.12 bits per heavy atom. The molecule has 2 aromatic carbocycles. The van der Waals surface area contributed by atoms with Gasteiger partial charge in [-0.1, -0.05) is 53.5 Å². The molecule has 0 aliphatic carbocycles. The van der Waals surface area contributed by atoms with Gasteiger partial charge in [-0.15, -0.1) is 0 Å². The van der Waals surface area contributed by atoms with Gasteiger partial charge in [0.2, 0.25) is 5.91 Å². The number of hydrogen-bond donors (Lipinski definition) is 1. The van der Waals surface area contributed by atoms with Gasteiger partial charge in [0.25, 0.3) is 0 Å². The van der Waals surface area contributed by atoms with Crippen LogP contribution in [0, 0.1) is 0 Å². The van der Waals surface area contributed by atoms with Crippen molar-refractivity contribution in [2.75, 3.05) is 0 Å². The summed E-state index contributed by atoms with van der Waals surface area (Å²) < 4.78 is 29.5. The van der Waals surface area contributed by atoms with Gasteiger partial charge in [-0.25, -0.2) is 0 Å². The lowest BCUT2D eigenvalue weighted by Gasteiger charge is -2.09. The van der Waals surface area contributed by atoms with Gasteiger partial charge in [0, 0.05) is 5.02 Å². The van der Waals surface area contributed by atoms with Crippen molar-refractivity contribution in [1.82, 2.24) is 0 Å². The van der Waals surface area contributed by atoms with Crippen LogP contribution < -0.4 is 9.92 Å². The molecule has 0 radical (unpaired) electrons. The van der Waals surface area contributed by atoms with Gasteiger partial charge in [0.15, 0.2) is 5.75 Å². The zero-order valence-electron chi connectivity index (χ0n) is 12.3. The lowest BCUT2D eigenvalue weighted by Crippen LogP contribution is -2.13. The second-order valence-electron chi connectivity index (χ2n) is 4.80. The number of primary amides is 1. The molecule has 0 aromatic heterocycles. The third-order valence-electron chi connectivity index (χ3n) is 2.90. The van der Waals surface area contributed by atoms with Gasteiger partial charge in [0.1, 0.15) is 0 Å². The Labute approximate surface area is 149 Å². The van der Waals surface area contributed by atoms with E-state index in [2.05, 4.69) is 0 Å². The van der Waals surface area contributed by atoms with Crippen molar-refractivity contribution in [3.05, 3.63) is 69.5 Å². The molecule has 8 heteroatoms. The van der Waals surface area contributed by atoms with Crippen molar-refractivity contribution in [2.24, 2.45) is 5.73 Å². The first kappa shape index (κ1) is 18.3. The molecule has 0 saturated carbocycles. The van der Waals surface area contributed by atoms with Crippen LogP contribution in [0.3, 0.4) is 0 Å². The van der Waals surface area contributed by atoms with Crippen molar-refractivity contribution >= 4 is 44.8 Å². The fraction of sp³-hybridized carbons (Fsp3) is 0.0625. The molecule has 1 amide bonds. The summed E-state index contributed by atoms with van der Waals surface area (Å²) in [4.78, 5) is 11.2. The van der Waals surface area contributed by atoms with Crippen LogP contribution in [-0.4, -0.2) is 14.3 Å². The Morgan fingerprint density at radius 2 is 1.79 bits per heavy atom. The van der Waals surface area contributed by atoms with E-state index >= 15 is 0 Å². The van der Waals surface area contributed by atoms with E-state index in [0.717, 1.165) is 5.41 Å². The van der Waals surface area contributed by atoms with Crippen molar-refractivity contribution in [3.63, 3.8) is 0 Å². The Morgan fingerprint density at radius 3 is 2.38 bits per heavy atom. The molecule has 0 spiro atoms. The standard InChI is InChI=1S/C16H13Cl2NO4S/c17-13-6-7-15(14(18)9-13)23-24(21,22)10-12(8-16(19)20)11-4-2-1-3-5-11/h1-7,9-10H,8H2,(H2,19,20)/b12-10+. The van der Waals surface area contributed by atoms with Crippen LogP contribution in [0.5, 0.6) is 5.75 Å². The molecule has 2 rings (SSSR count).